The summed E-state index contributed by atoms with van der Waals surface area (Å²) in [5.41, 5.74) is 3.67. The number of carbonyl (C=O) groups excluding carboxylic acids is 4. The quantitative estimate of drug-likeness (QED) is 0.506. The molecule has 0 saturated carbocycles. The van der Waals surface area contributed by atoms with Crippen molar-refractivity contribution in [3.63, 3.8) is 0 Å². The van der Waals surface area contributed by atoms with Crippen LogP contribution in [-0.2, 0) is 27.4 Å². The molecule has 3 aliphatic rings. The summed E-state index contributed by atoms with van der Waals surface area (Å²) in [6.07, 6.45) is 0.538. The predicted molar refractivity (Wildman–Crippen MR) is 138 cm³/mol. The van der Waals surface area contributed by atoms with Gasteiger partial charge in [-0.1, -0.05) is 18.2 Å². The zero-order valence-electron chi connectivity index (χ0n) is 21.5. The van der Waals surface area contributed by atoms with Gasteiger partial charge in [-0.05, 0) is 48.2 Å². The SMILES string of the molecule is Cc1ccc(C(=O)NCc2ccc3c(c2)CN(C2CCC(=O)NC2=O)C3=O)cc1OCCN1CCOCC1. The fourth-order valence-corrected chi connectivity index (χ4v) is 5.03. The highest BCUT2D eigenvalue weighted by molar-refractivity contribution is 6.05. The number of nitrogens with zero attached hydrogens (tertiary/aromatic N) is 2. The van der Waals surface area contributed by atoms with E-state index in [4.69, 9.17) is 9.47 Å². The molecule has 200 valence electrons. The van der Waals surface area contributed by atoms with Gasteiger partial charge in [-0.15, -0.1) is 0 Å². The van der Waals surface area contributed by atoms with Crippen molar-refractivity contribution in [1.29, 1.82) is 0 Å². The maximum Gasteiger partial charge on any atom is 0.255 e. The molecule has 2 N–H and O–H groups in total. The Morgan fingerprint density at radius 1 is 1.13 bits per heavy atom. The molecule has 2 aromatic carbocycles. The number of hydrogen-bond donors (Lipinski definition) is 2. The van der Waals surface area contributed by atoms with Crippen molar-refractivity contribution in [1.82, 2.24) is 20.4 Å². The molecule has 3 heterocycles. The van der Waals surface area contributed by atoms with Crippen LogP contribution >= 0.6 is 0 Å². The van der Waals surface area contributed by atoms with Crippen molar-refractivity contribution in [3.8, 4) is 5.75 Å². The van der Waals surface area contributed by atoms with Gasteiger partial charge in [0.1, 0.15) is 18.4 Å². The molecule has 10 heteroatoms. The summed E-state index contributed by atoms with van der Waals surface area (Å²) in [5, 5.41) is 5.25. The Labute approximate surface area is 221 Å². The van der Waals surface area contributed by atoms with Crippen LogP contribution < -0.4 is 15.4 Å². The number of amides is 4. The van der Waals surface area contributed by atoms with E-state index in [9.17, 15) is 19.2 Å². The number of nitrogens with one attached hydrogen (secondary N) is 2. The zero-order valence-corrected chi connectivity index (χ0v) is 21.5. The standard InChI is InChI=1S/C28H32N4O6/c1-18-2-4-20(15-24(18)38-13-10-31-8-11-37-12-9-31)26(34)29-16-19-3-5-22-21(14-19)17-32(28(22)36)23-6-7-25(33)30-27(23)35/h2-5,14-15,23H,6-13,16-17H2,1H3,(H,29,34)(H,30,33,35). The van der Waals surface area contributed by atoms with Crippen molar-refractivity contribution in [3.05, 3.63) is 64.2 Å². The van der Waals surface area contributed by atoms with E-state index in [1.165, 1.54) is 4.90 Å². The van der Waals surface area contributed by atoms with Crippen LogP contribution in [0.5, 0.6) is 5.75 Å². The Morgan fingerprint density at radius 3 is 2.74 bits per heavy atom. The molecule has 0 bridgehead atoms. The number of fused-ring (bicyclic) bond motifs is 1. The number of carbonyl (C=O) groups is 4. The summed E-state index contributed by atoms with van der Waals surface area (Å²) in [7, 11) is 0. The fraction of sp³-hybridized carbons (Fsp3) is 0.429. The van der Waals surface area contributed by atoms with Crippen molar-refractivity contribution >= 4 is 23.6 Å². The van der Waals surface area contributed by atoms with Gasteiger partial charge in [0, 0.05) is 50.3 Å². The molecule has 10 nitrogen and oxygen atoms in total. The van der Waals surface area contributed by atoms with Gasteiger partial charge in [-0.25, -0.2) is 0 Å². The van der Waals surface area contributed by atoms with Crippen LogP contribution in [0.3, 0.4) is 0 Å². The van der Waals surface area contributed by atoms with Crippen molar-refractivity contribution in [2.24, 2.45) is 0 Å². The second kappa shape index (κ2) is 11.3. The van der Waals surface area contributed by atoms with E-state index in [0.29, 0.717) is 43.0 Å². The Balaban J connectivity index is 1.17. The minimum absolute atomic E-state index is 0.216. The van der Waals surface area contributed by atoms with Gasteiger partial charge in [0.05, 0.1) is 13.2 Å². The molecule has 2 saturated heterocycles. The monoisotopic (exact) mass is 520 g/mol. The predicted octanol–water partition coefficient (Wildman–Crippen LogP) is 1.40. The van der Waals surface area contributed by atoms with Crippen molar-refractivity contribution in [2.45, 2.75) is 38.9 Å². The third kappa shape index (κ3) is 5.71. The summed E-state index contributed by atoms with van der Waals surface area (Å²) < 4.78 is 11.4. The molecule has 1 atom stereocenters. The lowest BCUT2D eigenvalue weighted by atomic mass is 10.0. The number of aryl methyl sites for hydroxylation is 1. The van der Waals surface area contributed by atoms with Crippen LogP contribution in [0.25, 0.3) is 0 Å². The molecule has 38 heavy (non-hydrogen) atoms. The Hall–Kier alpha value is -3.76. The van der Waals surface area contributed by atoms with E-state index in [0.717, 1.165) is 49.5 Å². The second-order valence-electron chi connectivity index (χ2n) is 9.86. The summed E-state index contributed by atoms with van der Waals surface area (Å²) >= 11 is 0. The second-order valence-corrected chi connectivity index (χ2v) is 9.86. The highest BCUT2D eigenvalue weighted by Crippen LogP contribution is 2.28. The smallest absolute Gasteiger partial charge is 0.255 e. The summed E-state index contributed by atoms with van der Waals surface area (Å²) in [6.45, 7) is 7.17. The number of ether oxygens (including phenoxy) is 2. The van der Waals surface area contributed by atoms with E-state index >= 15 is 0 Å². The lowest BCUT2D eigenvalue weighted by Gasteiger charge is -2.29. The Bertz CT molecular complexity index is 1260. The first-order chi connectivity index (χ1) is 18.4. The normalized spacial score (nSPS) is 19.8. The fourth-order valence-electron chi connectivity index (χ4n) is 5.03. The molecule has 0 spiro atoms. The van der Waals surface area contributed by atoms with Crippen molar-refractivity contribution in [2.75, 3.05) is 39.5 Å². The van der Waals surface area contributed by atoms with E-state index in [2.05, 4.69) is 15.5 Å². The lowest BCUT2D eigenvalue weighted by Crippen LogP contribution is -2.52. The van der Waals surface area contributed by atoms with Crippen LogP contribution in [0.2, 0.25) is 0 Å². The highest BCUT2D eigenvalue weighted by Gasteiger charge is 2.39. The topological polar surface area (TPSA) is 117 Å². The van der Waals surface area contributed by atoms with Crippen LogP contribution in [0, 0.1) is 6.92 Å². The van der Waals surface area contributed by atoms with E-state index in [1.54, 1.807) is 24.3 Å². The molecule has 0 radical (unpaired) electrons. The third-order valence-corrected chi connectivity index (χ3v) is 7.26. The van der Waals surface area contributed by atoms with E-state index < -0.39 is 11.9 Å². The molecule has 0 aliphatic carbocycles. The highest BCUT2D eigenvalue weighted by atomic mass is 16.5. The molecule has 2 aromatic rings. The molecule has 4 amide bonds. The number of benzene rings is 2. The van der Waals surface area contributed by atoms with Gasteiger partial charge < -0.3 is 19.7 Å². The van der Waals surface area contributed by atoms with E-state index in [1.807, 2.05) is 19.1 Å². The first-order valence-corrected chi connectivity index (χ1v) is 13.0. The van der Waals surface area contributed by atoms with Crippen LogP contribution in [0.1, 0.15) is 50.2 Å². The molecule has 0 aromatic heterocycles. The lowest BCUT2D eigenvalue weighted by molar-refractivity contribution is -0.136. The number of piperidine rings is 1. The van der Waals surface area contributed by atoms with Gasteiger partial charge in [0.2, 0.25) is 11.8 Å². The average Bonchev–Trinajstić information content (AvgIpc) is 3.24. The van der Waals surface area contributed by atoms with Gasteiger partial charge in [0.25, 0.3) is 11.8 Å². The van der Waals surface area contributed by atoms with Gasteiger partial charge >= 0.3 is 0 Å². The van der Waals surface area contributed by atoms with Gasteiger partial charge in [-0.2, -0.15) is 0 Å². The van der Waals surface area contributed by atoms with Crippen LogP contribution in [0.4, 0.5) is 0 Å². The van der Waals surface area contributed by atoms with Gasteiger partial charge in [-0.3, -0.25) is 29.4 Å². The zero-order chi connectivity index (χ0) is 26.6. The van der Waals surface area contributed by atoms with Gasteiger partial charge in [0.15, 0.2) is 0 Å². The summed E-state index contributed by atoms with van der Waals surface area (Å²) in [5.74, 6) is -0.489. The molecule has 3 aliphatic heterocycles. The minimum atomic E-state index is -0.650. The minimum Gasteiger partial charge on any atom is -0.492 e. The van der Waals surface area contributed by atoms with Crippen LogP contribution in [0.15, 0.2) is 36.4 Å². The summed E-state index contributed by atoms with van der Waals surface area (Å²) in [6, 6.07) is 10.2. The van der Waals surface area contributed by atoms with E-state index in [-0.39, 0.29) is 24.1 Å². The molecular formula is C28H32N4O6. The molecule has 1 unspecified atom stereocenters. The maximum absolute atomic E-state index is 12.9. The number of hydrogen-bond acceptors (Lipinski definition) is 7. The number of rotatable bonds is 8. The number of morpholine rings is 1. The third-order valence-electron chi connectivity index (χ3n) is 7.26. The first-order valence-electron chi connectivity index (χ1n) is 13.0. The largest absolute Gasteiger partial charge is 0.492 e. The maximum atomic E-state index is 12.9. The molecular weight excluding hydrogens is 488 g/mol. The first kappa shape index (κ1) is 25.9. The molecule has 2 fully saturated rings. The summed E-state index contributed by atoms with van der Waals surface area (Å²) in [4.78, 5) is 53.3. The Morgan fingerprint density at radius 2 is 1.95 bits per heavy atom. The van der Waals surface area contributed by atoms with Crippen molar-refractivity contribution < 1.29 is 28.7 Å². The number of imide groups is 1. The molecule has 5 rings (SSSR count). The average molecular weight is 521 g/mol. The Kier molecular flexibility index (Phi) is 7.71. The van der Waals surface area contributed by atoms with Crippen LogP contribution in [-0.4, -0.2) is 78.9 Å².